The molecule has 1 aromatic rings. The van der Waals surface area contributed by atoms with Gasteiger partial charge >= 0.3 is 5.97 Å². The van der Waals surface area contributed by atoms with Crippen molar-refractivity contribution in [3.8, 4) is 0 Å². The van der Waals surface area contributed by atoms with Crippen LogP contribution in [0.2, 0.25) is 0 Å². The number of carbonyl (C=O) groups is 1. The standard InChI is InChI=1S/C12H13NO2/c14-12(15)11-7-6-10(8-13-11)9-4-2-1-3-5-9/h4,6-8H,1-3,5H2,(H,14,15). The molecule has 0 atom stereocenters. The predicted molar refractivity (Wildman–Crippen MR) is 57.6 cm³/mol. The van der Waals surface area contributed by atoms with E-state index >= 15 is 0 Å². The molecule has 1 aliphatic carbocycles. The summed E-state index contributed by atoms with van der Waals surface area (Å²) in [4.78, 5) is 14.5. The summed E-state index contributed by atoms with van der Waals surface area (Å²) in [5.41, 5.74) is 2.46. The zero-order chi connectivity index (χ0) is 10.7. The van der Waals surface area contributed by atoms with Crippen LogP contribution in [0.5, 0.6) is 0 Å². The summed E-state index contributed by atoms with van der Waals surface area (Å²) < 4.78 is 0. The van der Waals surface area contributed by atoms with Crippen LogP contribution in [0.4, 0.5) is 0 Å². The lowest BCUT2D eigenvalue weighted by Crippen LogP contribution is -2.00. The van der Waals surface area contributed by atoms with Gasteiger partial charge in [0.05, 0.1) is 0 Å². The first-order valence-corrected chi connectivity index (χ1v) is 5.16. The second-order valence-electron chi connectivity index (χ2n) is 3.71. The minimum atomic E-state index is -0.973. The molecule has 1 N–H and O–H groups in total. The van der Waals surface area contributed by atoms with Gasteiger partial charge in [0.25, 0.3) is 0 Å². The minimum absolute atomic E-state index is 0.107. The molecule has 78 valence electrons. The molecule has 0 unspecified atom stereocenters. The smallest absolute Gasteiger partial charge is 0.354 e. The number of allylic oxidation sites excluding steroid dienone is 2. The first-order valence-electron chi connectivity index (χ1n) is 5.16. The first kappa shape index (κ1) is 9.90. The molecule has 0 aromatic carbocycles. The molecule has 0 amide bonds. The number of carboxylic acid groups (broad SMARTS) is 1. The van der Waals surface area contributed by atoms with Crippen LogP contribution in [-0.4, -0.2) is 16.1 Å². The second kappa shape index (κ2) is 4.26. The molecule has 2 rings (SSSR count). The van der Waals surface area contributed by atoms with E-state index in [-0.39, 0.29) is 5.69 Å². The average Bonchev–Trinajstić information content (AvgIpc) is 2.30. The maximum atomic E-state index is 10.6. The zero-order valence-corrected chi connectivity index (χ0v) is 8.44. The van der Waals surface area contributed by atoms with Crippen LogP contribution < -0.4 is 0 Å². The van der Waals surface area contributed by atoms with E-state index in [2.05, 4.69) is 11.1 Å². The fourth-order valence-electron chi connectivity index (χ4n) is 1.81. The SMILES string of the molecule is O=C(O)c1ccc(C2=CCCCC2)cn1. The van der Waals surface area contributed by atoms with Crippen molar-refractivity contribution >= 4 is 11.5 Å². The lowest BCUT2D eigenvalue weighted by molar-refractivity contribution is 0.0690. The highest BCUT2D eigenvalue weighted by atomic mass is 16.4. The molecule has 15 heavy (non-hydrogen) atoms. The molecule has 3 heteroatoms. The van der Waals surface area contributed by atoms with E-state index in [1.54, 1.807) is 12.3 Å². The largest absolute Gasteiger partial charge is 0.477 e. The van der Waals surface area contributed by atoms with Crippen molar-refractivity contribution in [2.24, 2.45) is 0 Å². The Bertz CT molecular complexity index is 393. The van der Waals surface area contributed by atoms with Crippen molar-refractivity contribution in [2.45, 2.75) is 25.7 Å². The van der Waals surface area contributed by atoms with Gasteiger partial charge in [0.1, 0.15) is 5.69 Å². The Morgan fingerprint density at radius 3 is 2.73 bits per heavy atom. The van der Waals surface area contributed by atoms with E-state index in [0.717, 1.165) is 18.4 Å². The van der Waals surface area contributed by atoms with Gasteiger partial charge in [-0.3, -0.25) is 0 Å². The molecule has 0 fully saturated rings. The molecule has 0 saturated carbocycles. The molecule has 0 spiro atoms. The third-order valence-corrected chi connectivity index (χ3v) is 2.64. The maximum absolute atomic E-state index is 10.6. The summed E-state index contributed by atoms with van der Waals surface area (Å²) in [5, 5.41) is 8.71. The number of aromatic carboxylic acids is 1. The highest BCUT2D eigenvalue weighted by molar-refractivity contribution is 5.85. The number of hydrogen-bond acceptors (Lipinski definition) is 2. The van der Waals surface area contributed by atoms with Crippen LogP contribution in [-0.2, 0) is 0 Å². The average molecular weight is 203 g/mol. The van der Waals surface area contributed by atoms with Crippen LogP contribution in [0.1, 0.15) is 41.7 Å². The minimum Gasteiger partial charge on any atom is -0.477 e. The number of carboxylic acids is 1. The summed E-state index contributed by atoms with van der Waals surface area (Å²) in [7, 11) is 0. The predicted octanol–water partition coefficient (Wildman–Crippen LogP) is 2.74. The van der Waals surface area contributed by atoms with Gasteiger partial charge in [-0.2, -0.15) is 0 Å². The Labute approximate surface area is 88.5 Å². The maximum Gasteiger partial charge on any atom is 0.354 e. The number of rotatable bonds is 2. The summed E-state index contributed by atoms with van der Waals surface area (Å²) >= 11 is 0. The Hall–Kier alpha value is -1.64. The lowest BCUT2D eigenvalue weighted by Gasteiger charge is -2.12. The molecule has 3 nitrogen and oxygen atoms in total. The number of hydrogen-bond donors (Lipinski definition) is 1. The molecular formula is C12H13NO2. The van der Waals surface area contributed by atoms with Crippen molar-refractivity contribution in [3.63, 3.8) is 0 Å². The fraction of sp³-hybridized carbons (Fsp3) is 0.333. The van der Waals surface area contributed by atoms with E-state index in [9.17, 15) is 4.79 Å². The van der Waals surface area contributed by atoms with E-state index in [1.807, 2.05) is 6.07 Å². The van der Waals surface area contributed by atoms with Crippen LogP contribution in [0, 0.1) is 0 Å². The molecular weight excluding hydrogens is 190 g/mol. The number of aromatic nitrogens is 1. The first-order chi connectivity index (χ1) is 7.27. The Morgan fingerprint density at radius 1 is 1.33 bits per heavy atom. The monoisotopic (exact) mass is 203 g/mol. The Balaban J connectivity index is 2.23. The quantitative estimate of drug-likeness (QED) is 0.804. The van der Waals surface area contributed by atoms with E-state index < -0.39 is 5.97 Å². The molecule has 1 heterocycles. The van der Waals surface area contributed by atoms with Gasteiger partial charge < -0.3 is 5.11 Å². The molecule has 1 aliphatic rings. The van der Waals surface area contributed by atoms with Gasteiger partial charge in [-0.15, -0.1) is 0 Å². The molecule has 0 radical (unpaired) electrons. The number of pyridine rings is 1. The van der Waals surface area contributed by atoms with Gasteiger partial charge in [0.15, 0.2) is 0 Å². The molecule has 0 saturated heterocycles. The summed E-state index contributed by atoms with van der Waals surface area (Å²) in [6.45, 7) is 0. The molecule has 1 aromatic heterocycles. The van der Waals surface area contributed by atoms with Gasteiger partial charge in [-0.25, -0.2) is 9.78 Å². The topological polar surface area (TPSA) is 50.2 Å². The van der Waals surface area contributed by atoms with Crippen molar-refractivity contribution in [1.29, 1.82) is 0 Å². The normalized spacial score (nSPS) is 15.9. The molecule has 0 aliphatic heterocycles. The van der Waals surface area contributed by atoms with Crippen LogP contribution >= 0.6 is 0 Å². The Morgan fingerprint density at radius 2 is 2.20 bits per heavy atom. The zero-order valence-electron chi connectivity index (χ0n) is 8.44. The lowest BCUT2D eigenvalue weighted by atomic mass is 9.95. The van der Waals surface area contributed by atoms with Crippen molar-refractivity contribution in [2.75, 3.05) is 0 Å². The highest BCUT2D eigenvalue weighted by Crippen LogP contribution is 2.25. The fourth-order valence-corrected chi connectivity index (χ4v) is 1.81. The van der Waals surface area contributed by atoms with Crippen LogP contribution in [0.15, 0.2) is 24.4 Å². The second-order valence-corrected chi connectivity index (χ2v) is 3.71. The third kappa shape index (κ3) is 2.24. The van der Waals surface area contributed by atoms with Gasteiger partial charge in [-0.05, 0) is 42.9 Å². The van der Waals surface area contributed by atoms with Gasteiger partial charge in [-0.1, -0.05) is 12.1 Å². The van der Waals surface area contributed by atoms with E-state index in [0.29, 0.717) is 0 Å². The summed E-state index contributed by atoms with van der Waals surface area (Å²) in [6.07, 6.45) is 8.54. The highest BCUT2D eigenvalue weighted by Gasteiger charge is 2.08. The van der Waals surface area contributed by atoms with Crippen LogP contribution in [0.25, 0.3) is 5.57 Å². The van der Waals surface area contributed by atoms with Crippen molar-refractivity contribution in [1.82, 2.24) is 4.98 Å². The Kier molecular flexibility index (Phi) is 2.81. The van der Waals surface area contributed by atoms with E-state index in [4.69, 9.17) is 5.11 Å². The summed E-state index contributed by atoms with van der Waals surface area (Å²) in [6, 6.07) is 3.40. The molecule has 0 bridgehead atoms. The van der Waals surface area contributed by atoms with Gasteiger partial charge in [0.2, 0.25) is 0 Å². The third-order valence-electron chi connectivity index (χ3n) is 2.64. The van der Waals surface area contributed by atoms with Crippen molar-refractivity contribution in [3.05, 3.63) is 35.7 Å². The van der Waals surface area contributed by atoms with Gasteiger partial charge in [0, 0.05) is 6.20 Å². The number of nitrogens with zero attached hydrogens (tertiary/aromatic N) is 1. The van der Waals surface area contributed by atoms with E-state index in [1.165, 1.54) is 18.4 Å². The van der Waals surface area contributed by atoms with Crippen LogP contribution in [0.3, 0.4) is 0 Å². The van der Waals surface area contributed by atoms with Crippen molar-refractivity contribution < 1.29 is 9.90 Å². The summed E-state index contributed by atoms with van der Waals surface area (Å²) in [5.74, 6) is -0.973.